The molecule has 0 atom stereocenters. The molecule has 0 bridgehead atoms. The monoisotopic (exact) mass is 422 g/mol. The van der Waals surface area contributed by atoms with Crippen LogP contribution in [0.2, 0.25) is 5.02 Å². The maximum absolute atomic E-state index is 12.2. The fourth-order valence-corrected chi connectivity index (χ4v) is 4.38. The van der Waals surface area contributed by atoms with Crippen molar-refractivity contribution in [3.63, 3.8) is 0 Å². The summed E-state index contributed by atoms with van der Waals surface area (Å²) in [5.74, 6) is 0.266. The molecule has 152 valence electrons. The summed E-state index contributed by atoms with van der Waals surface area (Å²) in [5.41, 5.74) is 0.719. The van der Waals surface area contributed by atoms with Crippen LogP contribution in [0, 0.1) is 0 Å². The summed E-state index contributed by atoms with van der Waals surface area (Å²) in [6.07, 6.45) is 0.949. The zero-order valence-corrected chi connectivity index (χ0v) is 18.0. The Morgan fingerprint density at radius 1 is 1.18 bits per heavy atom. The van der Waals surface area contributed by atoms with E-state index in [0.717, 1.165) is 54.9 Å². The number of thioether (sulfide) groups is 1. The van der Waals surface area contributed by atoms with Crippen LogP contribution >= 0.6 is 23.4 Å². The minimum absolute atomic E-state index is 0.0146. The summed E-state index contributed by atoms with van der Waals surface area (Å²) in [7, 11) is 3.88. The Morgan fingerprint density at radius 3 is 2.68 bits per heavy atom. The molecule has 0 aliphatic carbocycles. The largest absolute Gasteiger partial charge is 0.355 e. The van der Waals surface area contributed by atoms with Crippen LogP contribution in [-0.2, 0) is 11.8 Å². The molecule has 1 N–H and O–H groups in total. The number of hydrogen-bond donors (Lipinski definition) is 1. The van der Waals surface area contributed by atoms with Gasteiger partial charge in [0.2, 0.25) is 5.91 Å². The van der Waals surface area contributed by atoms with Gasteiger partial charge in [-0.15, -0.1) is 11.8 Å². The van der Waals surface area contributed by atoms with Crippen LogP contribution in [0.5, 0.6) is 0 Å². The molecule has 3 rings (SSSR count). The second-order valence-corrected chi connectivity index (χ2v) is 8.66. The Morgan fingerprint density at radius 2 is 1.93 bits per heavy atom. The second kappa shape index (κ2) is 9.78. The number of nitrogens with one attached hydrogen (secondary N) is 1. The number of piperazine rings is 1. The highest BCUT2D eigenvalue weighted by atomic mass is 35.5. The third kappa shape index (κ3) is 5.50. The van der Waals surface area contributed by atoms with E-state index in [4.69, 9.17) is 11.6 Å². The van der Waals surface area contributed by atoms with Crippen LogP contribution in [0.25, 0.3) is 10.9 Å². The van der Waals surface area contributed by atoms with E-state index >= 15 is 0 Å². The predicted octanol–water partition coefficient (Wildman–Crippen LogP) is 2.04. The number of nitrogens with zero attached hydrogens (tertiary/aromatic N) is 3. The van der Waals surface area contributed by atoms with Gasteiger partial charge in [-0.25, -0.2) is 0 Å². The Hall–Kier alpha value is -1.54. The summed E-state index contributed by atoms with van der Waals surface area (Å²) in [4.78, 5) is 29.9. The van der Waals surface area contributed by atoms with Gasteiger partial charge < -0.3 is 19.7 Å². The minimum atomic E-state index is -0.0927. The van der Waals surface area contributed by atoms with Gasteiger partial charge in [0.25, 0.3) is 5.56 Å². The van der Waals surface area contributed by atoms with Gasteiger partial charge in [0.15, 0.2) is 0 Å². The lowest BCUT2D eigenvalue weighted by atomic mass is 10.2. The van der Waals surface area contributed by atoms with Crippen LogP contribution in [0.15, 0.2) is 34.0 Å². The Labute approximate surface area is 174 Å². The molecule has 1 fully saturated rings. The first-order valence-corrected chi connectivity index (χ1v) is 10.9. The maximum Gasteiger partial charge on any atom is 0.251 e. The molecule has 2 aromatic rings. The van der Waals surface area contributed by atoms with Crippen molar-refractivity contribution in [2.45, 2.75) is 11.3 Å². The van der Waals surface area contributed by atoms with Gasteiger partial charge in [-0.1, -0.05) is 11.6 Å². The summed E-state index contributed by atoms with van der Waals surface area (Å²) >= 11 is 7.50. The number of amides is 1. The number of benzene rings is 1. The first-order chi connectivity index (χ1) is 13.4. The van der Waals surface area contributed by atoms with Crippen LogP contribution in [0.1, 0.15) is 6.42 Å². The predicted molar refractivity (Wildman–Crippen MR) is 116 cm³/mol. The molecule has 28 heavy (non-hydrogen) atoms. The molecule has 1 amide bonds. The van der Waals surface area contributed by atoms with E-state index in [2.05, 4.69) is 22.2 Å². The van der Waals surface area contributed by atoms with Gasteiger partial charge in [-0.3, -0.25) is 9.59 Å². The molecule has 0 radical (unpaired) electrons. The quantitative estimate of drug-likeness (QED) is 0.546. The van der Waals surface area contributed by atoms with Crippen LogP contribution in [0.4, 0.5) is 0 Å². The molecule has 8 heteroatoms. The lowest BCUT2D eigenvalue weighted by Gasteiger charge is -2.32. The van der Waals surface area contributed by atoms with E-state index in [1.54, 1.807) is 23.7 Å². The lowest BCUT2D eigenvalue weighted by molar-refractivity contribution is -0.118. The molecule has 1 saturated heterocycles. The standard InChI is InChI=1S/C20H27ClN4O2S/c1-23-8-10-25(11-9-23)7-3-6-22-19(26)14-28-18-13-20(27)24(2)17-5-4-15(21)12-16(17)18/h4-5,12-13H,3,6-11,14H2,1-2H3,(H,22,26). The minimum Gasteiger partial charge on any atom is -0.355 e. The van der Waals surface area contributed by atoms with Crippen molar-refractivity contribution in [3.8, 4) is 0 Å². The number of aryl methyl sites for hydroxylation is 1. The smallest absolute Gasteiger partial charge is 0.251 e. The SMILES string of the molecule is CN1CCN(CCCNC(=O)CSc2cc(=O)n(C)c3ccc(Cl)cc23)CC1. The van der Waals surface area contributed by atoms with Crippen molar-refractivity contribution in [3.05, 3.63) is 39.6 Å². The van der Waals surface area contributed by atoms with E-state index in [1.807, 2.05) is 12.1 Å². The number of aromatic nitrogens is 1. The average Bonchev–Trinajstić information content (AvgIpc) is 2.68. The highest BCUT2D eigenvalue weighted by Crippen LogP contribution is 2.28. The van der Waals surface area contributed by atoms with Crippen LogP contribution in [0.3, 0.4) is 0 Å². The number of halogens is 1. The highest BCUT2D eigenvalue weighted by Gasteiger charge is 2.13. The molecule has 0 unspecified atom stereocenters. The molecule has 1 aromatic carbocycles. The van der Waals surface area contributed by atoms with E-state index in [-0.39, 0.29) is 17.2 Å². The van der Waals surface area contributed by atoms with E-state index < -0.39 is 0 Å². The summed E-state index contributed by atoms with van der Waals surface area (Å²) in [6.45, 7) is 6.10. The number of carbonyl (C=O) groups is 1. The van der Waals surface area contributed by atoms with E-state index in [9.17, 15) is 9.59 Å². The molecule has 0 spiro atoms. The Bertz CT molecular complexity index is 894. The van der Waals surface area contributed by atoms with Crippen molar-refractivity contribution >= 4 is 40.2 Å². The maximum atomic E-state index is 12.2. The first kappa shape index (κ1) is 21.2. The van der Waals surface area contributed by atoms with Crippen molar-refractivity contribution < 1.29 is 4.79 Å². The van der Waals surface area contributed by atoms with Crippen molar-refractivity contribution in [1.29, 1.82) is 0 Å². The first-order valence-electron chi connectivity index (χ1n) is 9.54. The fourth-order valence-electron chi connectivity index (χ4n) is 3.32. The van der Waals surface area contributed by atoms with Crippen molar-refractivity contribution in [1.82, 2.24) is 19.7 Å². The van der Waals surface area contributed by atoms with Gasteiger partial charge in [0.05, 0.1) is 11.3 Å². The van der Waals surface area contributed by atoms with Crippen LogP contribution < -0.4 is 10.9 Å². The third-order valence-corrected chi connectivity index (χ3v) is 6.39. The normalized spacial score (nSPS) is 15.8. The Balaban J connectivity index is 1.49. The molecule has 2 heterocycles. The molecule has 1 aromatic heterocycles. The van der Waals surface area contributed by atoms with Crippen molar-refractivity contribution in [2.24, 2.45) is 7.05 Å². The highest BCUT2D eigenvalue weighted by molar-refractivity contribution is 8.00. The van der Waals surface area contributed by atoms with Gasteiger partial charge in [0, 0.05) is 61.1 Å². The van der Waals surface area contributed by atoms with Gasteiger partial charge >= 0.3 is 0 Å². The molecular weight excluding hydrogens is 396 g/mol. The summed E-state index contributed by atoms with van der Waals surface area (Å²) < 4.78 is 1.59. The molecule has 1 aliphatic rings. The molecule has 0 saturated carbocycles. The zero-order valence-electron chi connectivity index (χ0n) is 16.4. The van der Waals surface area contributed by atoms with Gasteiger partial charge in [-0.05, 0) is 38.2 Å². The number of pyridine rings is 1. The van der Waals surface area contributed by atoms with E-state index in [0.29, 0.717) is 11.6 Å². The van der Waals surface area contributed by atoms with Gasteiger partial charge in [0.1, 0.15) is 0 Å². The number of carbonyl (C=O) groups excluding carboxylic acids is 1. The molecule has 1 aliphatic heterocycles. The third-order valence-electron chi connectivity index (χ3n) is 5.10. The average molecular weight is 423 g/mol. The fraction of sp³-hybridized carbons (Fsp3) is 0.500. The number of rotatable bonds is 7. The zero-order chi connectivity index (χ0) is 20.1. The van der Waals surface area contributed by atoms with Crippen LogP contribution in [-0.4, -0.2) is 72.3 Å². The molecular formula is C20H27ClN4O2S. The number of fused-ring (bicyclic) bond motifs is 1. The number of hydrogen-bond acceptors (Lipinski definition) is 5. The Kier molecular flexibility index (Phi) is 7.40. The molecule has 6 nitrogen and oxygen atoms in total. The topological polar surface area (TPSA) is 57.6 Å². The summed E-state index contributed by atoms with van der Waals surface area (Å²) in [5, 5.41) is 4.48. The lowest BCUT2D eigenvalue weighted by Crippen LogP contribution is -2.45. The summed E-state index contributed by atoms with van der Waals surface area (Å²) in [6, 6.07) is 7.02. The second-order valence-electron chi connectivity index (χ2n) is 7.20. The van der Waals surface area contributed by atoms with Gasteiger partial charge in [-0.2, -0.15) is 0 Å². The van der Waals surface area contributed by atoms with Crippen molar-refractivity contribution in [2.75, 3.05) is 52.1 Å². The number of likely N-dealkylation sites (N-methyl/N-ethyl adjacent to an activating group) is 1. The van der Waals surface area contributed by atoms with E-state index in [1.165, 1.54) is 11.8 Å².